The molecule has 0 saturated heterocycles. The van der Waals surface area contributed by atoms with Crippen LogP contribution >= 0.6 is 0 Å². The minimum atomic E-state index is 0.348. The molecule has 0 N–H and O–H groups in total. The number of fused-ring (bicyclic) bond motifs is 1. The van der Waals surface area contributed by atoms with Gasteiger partial charge in [-0.05, 0) is 18.6 Å². The number of rotatable bonds is 6. The fourth-order valence-corrected chi connectivity index (χ4v) is 3.02. The van der Waals surface area contributed by atoms with Crippen molar-refractivity contribution >= 4 is 0 Å². The summed E-state index contributed by atoms with van der Waals surface area (Å²) in [4.78, 5) is 6.69. The van der Waals surface area contributed by atoms with Gasteiger partial charge in [0.05, 0.1) is 18.8 Å². The zero-order valence-electron chi connectivity index (χ0n) is 13.1. The molecule has 1 aliphatic rings. The summed E-state index contributed by atoms with van der Waals surface area (Å²) >= 11 is 0. The number of hydrogen-bond donors (Lipinski definition) is 0. The predicted octanol–water partition coefficient (Wildman–Crippen LogP) is 1.88. The van der Waals surface area contributed by atoms with Gasteiger partial charge in [-0.3, -0.25) is 9.58 Å². The average Bonchev–Trinajstić information content (AvgIpc) is 3.01. The lowest BCUT2D eigenvalue weighted by atomic mass is 10.1. The van der Waals surface area contributed by atoms with Crippen molar-refractivity contribution in [3.63, 3.8) is 0 Å². The predicted molar refractivity (Wildman–Crippen MR) is 82.7 cm³/mol. The molecule has 0 unspecified atom stereocenters. The van der Waals surface area contributed by atoms with Gasteiger partial charge >= 0.3 is 0 Å². The van der Waals surface area contributed by atoms with Crippen molar-refractivity contribution in [2.24, 2.45) is 0 Å². The maximum atomic E-state index is 5.36. The minimum Gasteiger partial charge on any atom is -0.481 e. The van der Waals surface area contributed by atoms with Gasteiger partial charge in [-0.15, -0.1) is 0 Å². The van der Waals surface area contributed by atoms with Crippen molar-refractivity contribution in [1.82, 2.24) is 19.7 Å². The van der Waals surface area contributed by atoms with E-state index in [0.717, 1.165) is 38.2 Å². The molecule has 6 heteroatoms. The molecule has 0 aromatic carbocycles. The van der Waals surface area contributed by atoms with E-state index in [4.69, 9.17) is 9.47 Å². The van der Waals surface area contributed by atoms with Gasteiger partial charge in [0.15, 0.2) is 0 Å². The molecule has 3 rings (SSSR count). The van der Waals surface area contributed by atoms with Gasteiger partial charge in [0.25, 0.3) is 0 Å². The van der Waals surface area contributed by atoms with E-state index in [9.17, 15) is 0 Å². The van der Waals surface area contributed by atoms with Crippen LogP contribution in [-0.4, -0.2) is 47.0 Å². The number of methoxy groups -OCH3 is 2. The van der Waals surface area contributed by atoms with Crippen LogP contribution in [0.1, 0.15) is 23.7 Å². The van der Waals surface area contributed by atoms with Gasteiger partial charge in [-0.25, -0.2) is 4.98 Å². The number of nitrogens with zero attached hydrogens (tertiary/aromatic N) is 4. The minimum absolute atomic E-state index is 0.348. The van der Waals surface area contributed by atoms with E-state index >= 15 is 0 Å². The van der Waals surface area contributed by atoms with E-state index in [0.29, 0.717) is 11.9 Å². The second-order valence-corrected chi connectivity index (χ2v) is 5.54. The molecule has 0 bridgehead atoms. The molecule has 6 nitrogen and oxygen atoms in total. The maximum absolute atomic E-state index is 5.36. The topological polar surface area (TPSA) is 52.4 Å². The van der Waals surface area contributed by atoms with Crippen LogP contribution in [0.25, 0.3) is 0 Å². The van der Waals surface area contributed by atoms with Gasteiger partial charge in [0, 0.05) is 51.3 Å². The first-order chi connectivity index (χ1) is 10.8. The largest absolute Gasteiger partial charge is 0.481 e. The van der Waals surface area contributed by atoms with Crippen LogP contribution in [0.4, 0.5) is 0 Å². The molecule has 0 saturated carbocycles. The Balaban J connectivity index is 1.75. The molecule has 2 aromatic heterocycles. The third-order valence-corrected chi connectivity index (χ3v) is 4.05. The Morgan fingerprint density at radius 2 is 2.18 bits per heavy atom. The van der Waals surface area contributed by atoms with E-state index in [-0.39, 0.29) is 0 Å². The molecule has 0 radical (unpaired) electrons. The molecule has 0 fully saturated rings. The average molecular weight is 302 g/mol. The molecule has 0 aliphatic carbocycles. The molecular weight excluding hydrogens is 280 g/mol. The zero-order valence-corrected chi connectivity index (χ0v) is 13.1. The zero-order chi connectivity index (χ0) is 15.4. The van der Waals surface area contributed by atoms with Crippen molar-refractivity contribution < 1.29 is 9.47 Å². The molecule has 3 heterocycles. The van der Waals surface area contributed by atoms with Crippen molar-refractivity contribution in [2.75, 3.05) is 27.4 Å². The van der Waals surface area contributed by atoms with Crippen LogP contribution in [-0.2, 0) is 17.8 Å². The summed E-state index contributed by atoms with van der Waals surface area (Å²) in [7, 11) is 3.41. The lowest BCUT2D eigenvalue weighted by Gasteiger charge is -2.34. The lowest BCUT2D eigenvalue weighted by Crippen LogP contribution is -2.37. The van der Waals surface area contributed by atoms with Gasteiger partial charge in [0.1, 0.15) is 0 Å². The summed E-state index contributed by atoms with van der Waals surface area (Å²) in [6.07, 6.45) is 4.60. The first-order valence-electron chi connectivity index (χ1n) is 7.53. The Kier molecular flexibility index (Phi) is 4.70. The van der Waals surface area contributed by atoms with Crippen LogP contribution in [0.3, 0.4) is 0 Å². The van der Waals surface area contributed by atoms with Gasteiger partial charge in [-0.2, -0.15) is 5.10 Å². The summed E-state index contributed by atoms with van der Waals surface area (Å²) in [5, 5.41) is 4.46. The highest BCUT2D eigenvalue weighted by Crippen LogP contribution is 2.26. The molecule has 0 spiro atoms. The highest BCUT2D eigenvalue weighted by molar-refractivity contribution is 5.25. The molecule has 0 amide bonds. The van der Waals surface area contributed by atoms with Gasteiger partial charge < -0.3 is 9.47 Å². The third kappa shape index (κ3) is 3.13. The Labute approximate surface area is 130 Å². The summed E-state index contributed by atoms with van der Waals surface area (Å²) in [6, 6.07) is 6.46. The molecule has 1 atom stereocenters. The molecule has 118 valence electrons. The second-order valence-electron chi connectivity index (χ2n) is 5.54. The summed E-state index contributed by atoms with van der Waals surface area (Å²) in [5.41, 5.74) is 2.36. The fourth-order valence-electron chi connectivity index (χ4n) is 3.02. The molecule has 1 aliphatic heterocycles. The molecule has 2 aromatic rings. The lowest BCUT2D eigenvalue weighted by molar-refractivity contribution is 0.124. The highest BCUT2D eigenvalue weighted by atomic mass is 16.5. The van der Waals surface area contributed by atoms with Crippen LogP contribution in [0.15, 0.2) is 30.6 Å². The first-order valence-corrected chi connectivity index (χ1v) is 7.53. The molecule has 22 heavy (non-hydrogen) atoms. The molecular formula is C16H22N4O2. The van der Waals surface area contributed by atoms with Gasteiger partial charge in [-0.1, -0.05) is 6.07 Å². The normalized spacial score (nSPS) is 18.2. The third-order valence-electron chi connectivity index (χ3n) is 4.05. The summed E-state index contributed by atoms with van der Waals surface area (Å²) in [6.45, 7) is 3.41. The van der Waals surface area contributed by atoms with E-state index in [1.807, 2.05) is 12.3 Å². The quantitative estimate of drug-likeness (QED) is 0.815. The highest BCUT2D eigenvalue weighted by Gasteiger charge is 2.25. The van der Waals surface area contributed by atoms with Crippen molar-refractivity contribution in [3.8, 4) is 5.88 Å². The summed E-state index contributed by atoms with van der Waals surface area (Å²) < 4.78 is 12.7. The van der Waals surface area contributed by atoms with Crippen molar-refractivity contribution in [3.05, 3.63) is 41.9 Å². The number of pyridine rings is 1. The second kappa shape index (κ2) is 6.89. The van der Waals surface area contributed by atoms with E-state index in [2.05, 4.69) is 31.8 Å². The van der Waals surface area contributed by atoms with Crippen LogP contribution in [0.2, 0.25) is 0 Å². The monoisotopic (exact) mass is 302 g/mol. The van der Waals surface area contributed by atoms with Gasteiger partial charge in [0.2, 0.25) is 5.88 Å². The van der Waals surface area contributed by atoms with E-state index < -0.39 is 0 Å². The van der Waals surface area contributed by atoms with Crippen LogP contribution < -0.4 is 4.74 Å². The Hall–Kier alpha value is -1.92. The SMILES string of the molecule is COCC[C@@H]1CN(Cc2cccnc2OC)Cc2ccnn21. The standard InChI is InChI=1S/C16H22N4O2/c1-21-9-6-15-12-19(11-14-5-8-18-20(14)15)10-13-4-3-7-17-16(13)22-2/h3-5,7-8,15H,6,9-12H2,1-2H3/t15-/m1/s1. The van der Waals surface area contributed by atoms with E-state index in [1.54, 1.807) is 20.4 Å². The first kappa shape index (κ1) is 15.0. The maximum Gasteiger partial charge on any atom is 0.217 e. The van der Waals surface area contributed by atoms with Crippen molar-refractivity contribution in [2.45, 2.75) is 25.6 Å². The van der Waals surface area contributed by atoms with Crippen LogP contribution in [0, 0.1) is 0 Å². The van der Waals surface area contributed by atoms with Crippen molar-refractivity contribution in [1.29, 1.82) is 0 Å². The Morgan fingerprint density at radius 1 is 1.27 bits per heavy atom. The number of hydrogen-bond acceptors (Lipinski definition) is 5. The Bertz CT molecular complexity index is 614. The van der Waals surface area contributed by atoms with Crippen LogP contribution in [0.5, 0.6) is 5.88 Å². The summed E-state index contributed by atoms with van der Waals surface area (Å²) in [5.74, 6) is 0.704. The fraction of sp³-hybridized carbons (Fsp3) is 0.500. The number of ether oxygens (including phenoxy) is 2. The Morgan fingerprint density at radius 3 is 3.00 bits per heavy atom. The van der Waals surface area contributed by atoms with E-state index in [1.165, 1.54) is 5.69 Å². The number of aromatic nitrogens is 3. The smallest absolute Gasteiger partial charge is 0.217 e.